The minimum Gasteiger partial charge on any atom is -0.609 e. The van der Waals surface area contributed by atoms with Crippen molar-refractivity contribution in [3.8, 4) is 0 Å². The number of hydrogen-bond donors (Lipinski definition) is 0. The molecule has 0 N–H and O–H groups in total. The lowest BCUT2D eigenvalue weighted by atomic mass is 10.3. The van der Waals surface area contributed by atoms with Crippen LogP contribution in [0, 0.1) is 0 Å². The number of carbonyl (C=O) groups excluding carboxylic acids is 1. The number of pyridine rings is 1. The fourth-order valence-corrected chi connectivity index (χ4v) is 4.06. The van der Waals surface area contributed by atoms with E-state index in [4.69, 9.17) is 4.74 Å². The Labute approximate surface area is 118 Å². The number of carbonyl (C=O) groups is 1. The Hall–Kier alpha value is -1.18. The van der Waals surface area contributed by atoms with Crippen molar-refractivity contribution >= 4 is 38.8 Å². The second-order valence-corrected chi connectivity index (χ2v) is 6.95. The third-order valence-electron chi connectivity index (χ3n) is 2.44. The number of thiazole rings is 1. The van der Waals surface area contributed by atoms with Crippen molar-refractivity contribution in [2.75, 3.05) is 6.61 Å². The molecule has 0 aliphatic heterocycles. The molecular formula is C12H14N2O3S2. The molecule has 0 radical (unpaired) electrons. The number of esters is 1. The lowest BCUT2D eigenvalue weighted by Gasteiger charge is -2.13. The van der Waals surface area contributed by atoms with Gasteiger partial charge in [0.2, 0.25) is 0 Å². The average Bonchev–Trinajstić information content (AvgIpc) is 2.81. The van der Waals surface area contributed by atoms with E-state index < -0.39 is 11.2 Å². The smallest absolute Gasteiger partial charge is 0.310 e. The van der Waals surface area contributed by atoms with E-state index in [2.05, 4.69) is 9.97 Å². The molecule has 0 saturated heterocycles. The second kappa shape index (κ2) is 6.31. The van der Waals surface area contributed by atoms with Crippen LogP contribution in [0.25, 0.3) is 10.3 Å². The van der Waals surface area contributed by atoms with E-state index in [1.54, 1.807) is 26.1 Å². The van der Waals surface area contributed by atoms with Crippen LogP contribution < -0.4 is 0 Å². The maximum absolute atomic E-state index is 12.3. The zero-order valence-corrected chi connectivity index (χ0v) is 12.3. The molecule has 2 heterocycles. The standard InChI is InChI=1S/C12H14N2O3S2/c1-3-17-10(15)7-8(2)19(16)12-14-9-5-4-6-13-11(9)18-12/h4-6,8H,3,7H2,1-2H3. The number of aromatic nitrogens is 2. The van der Waals surface area contributed by atoms with E-state index in [0.717, 1.165) is 10.3 Å². The lowest BCUT2D eigenvalue weighted by Crippen LogP contribution is -2.22. The first-order valence-electron chi connectivity index (χ1n) is 5.89. The number of ether oxygens (including phenoxy) is 1. The molecule has 2 unspecified atom stereocenters. The van der Waals surface area contributed by atoms with Crippen molar-refractivity contribution in [1.82, 2.24) is 9.97 Å². The number of rotatable bonds is 5. The van der Waals surface area contributed by atoms with Gasteiger partial charge in [-0.3, -0.25) is 4.79 Å². The van der Waals surface area contributed by atoms with Gasteiger partial charge in [-0.15, -0.1) is 0 Å². The number of nitrogens with zero attached hydrogens (tertiary/aromatic N) is 2. The summed E-state index contributed by atoms with van der Waals surface area (Å²) < 4.78 is 17.6. The zero-order chi connectivity index (χ0) is 13.8. The highest BCUT2D eigenvalue weighted by Crippen LogP contribution is 2.27. The Balaban J connectivity index is 2.09. The number of fused-ring (bicyclic) bond motifs is 1. The predicted octanol–water partition coefficient (Wildman–Crippen LogP) is 2.14. The van der Waals surface area contributed by atoms with E-state index in [9.17, 15) is 9.35 Å². The summed E-state index contributed by atoms with van der Waals surface area (Å²) in [5.74, 6) is -0.331. The van der Waals surface area contributed by atoms with Gasteiger partial charge in [-0.2, -0.15) is 4.98 Å². The van der Waals surface area contributed by atoms with Crippen molar-refractivity contribution in [1.29, 1.82) is 0 Å². The molecule has 2 atom stereocenters. The molecule has 0 aliphatic carbocycles. The summed E-state index contributed by atoms with van der Waals surface area (Å²) in [6.45, 7) is 3.84. The Morgan fingerprint density at radius 3 is 3.11 bits per heavy atom. The summed E-state index contributed by atoms with van der Waals surface area (Å²) in [4.78, 5) is 20.6. The third-order valence-corrected chi connectivity index (χ3v) is 5.29. The topological polar surface area (TPSA) is 75.1 Å². The molecule has 2 aromatic heterocycles. The van der Waals surface area contributed by atoms with Crippen LogP contribution in [0.15, 0.2) is 22.7 Å². The predicted molar refractivity (Wildman–Crippen MR) is 74.5 cm³/mol. The molecule has 2 rings (SSSR count). The molecule has 102 valence electrons. The van der Waals surface area contributed by atoms with Crippen molar-refractivity contribution < 1.29 is 14.1 Å². The quantitative estimate of drug-likeness (QED) is 0.624. The summed E-state index contributed by atoms with van der Waals surface area (Å²) in [7, 11) is 0. The van der Waals surface area contributed by atoms with Gasteiger partial charge in [-0.25, -0.2) is 4.98 Å². The minimum atomic E-state index is -1.32. The highest BCUT2D eigenvalue weighted by Gasteiger charge is 2.27. The SMILES string of the molecule is CCOC(=O)CC(C)[S+]([O-])c1nc2cccnc2s1. The van der Waals surface area contributed by atoms with Gasteiger partial charge in [-0.1, -0.05) is 0 Å². The van der Waals surface area contributed by atoms with Gasteiger partial charge in [0.1, 0.15) is 15.6 Å². The van der Waals surface area contributed by atoms with Gasteiger partial charge >= 0.3 is 10.3 Å². The normalized spacial score (nSPS) is 14.3. The molecule has 0 bridgehead atoms. The Bertz CT molecular complexity index is 540. The molecule has 0 aliphatic rings. The molecule has 0 fully saturated rings. The van der Waals surface area contributed by atoms with E-state index >= 15 is 0 Å². The summed E-state index contributed by atoms with van der Waals surface area (Å²) >= 11 is -0.0188. The summed E-state index contributed by atoms with van der Waals surface area (Å²) in [5, 5.41) is -0.320. The summed E-state index contributed by atoms with van der Waals surface area (Å²) in [6.07, 6.45) is 1.80. The molecule has 2 aromatic rings. The highest BCUT2D eigenvalue weighted by molar-refractivity contribution is 7.94. The van der Waals surface area contributed by atoms with Crippen molar-refractivity contribution in [2.45, 2.75) is 29.9 Å². The van der Waals surface area contributed by atoms with E-state index in [-0.39, 0.29) is 17.6 Å². The van der Waals surface area contributed by atoms with Crippen LogP contribution in [0.4, 0.5) is 0 Å². The van der Waals surface area contributed by atoms with Gasteiger partial charge < -0.3 is 9.29 Å². The molecule has 0 amide bonds. The Morgan fingerprint density at radius 2 is 2.42 bits per heavy atom. The highest BCUT2D eigenvalue weighted by atomic mass is 32.2. The third kappa shape index (κ3) is 3.43. The largest absolute Gasteiger partial charge is 0.609 e. The van der Waals surface area contributed by atoms with Gasteiger partial charge in [0, 0.05) is 17.4 Å². The number of hydrogen-bond acceptors (Lipinski definition) is 6. The maximum Gasteiger partial charge on any atom is 0.310 e. The molecule has 0 aromatic carbocycles. The van der Waals surface area contributed by atoms with Crippen LogP contribution in [-0.2, 0) is 20.7 Å². The van der Waals surface area contributed by atoms with Gasteiger partial charge in [0.05, 0.1) is 13.0 Å². The second-order valence-electron chi connectivity index (χ2n) is 3.92. The van der Waals surface area contributed by atoms with Crippen LogP contribution in [0.2, 0.25) is 0 Å². The van der Waals surface area contributed by atoms with Crippen LogP contribution in [-0.4, -0.2) is 32.3 Å². The Kier molecular flexibility index (Phi) is 4.73. The van der Waals surface area contributed by atoms with E-state index in [1.807, 2.05) is 6.07 Å². The van der Waals surface area contributed by atoms with Crippen molar-refractivity contribution in [3.63, 3.8) is 0 Å². The molecule has 5 nitrogen and oxygen atoms in total. The van der Waals surface area contributed by atoms with Crippen LogP contribution >= 0.6 is 11.3 Å². The van der Waals surface area contributed by atoms with Gasteiger partial charge in [-0.05, 0) is 37.3 Å². The molecule has 0 spiro atoms. The van der Waals surface area contributed by atoms with Gasteiger partial charge in [0.15, 0.2) is 0 Å². The molecule has 19 heavy (non-hydrogen) atoms. The van der Waals surface area contributed by atoms with Crippen LogP contribution in [0.1, 0.15) is 20.3 Å². The summed E-state index contributed by atoms with van der Waals surface area (Å²) in [6, 6.07) is 3.62. The first-order chi connectivity index (χ1) is 9.11. The van der Waals surface area contributed by atoms with E-state index in [0.29, 0.717) is 10.9 Å². The zero-order valence-electron chi connectivity index (χ0n) is 10.7. The monoisotopic (exact) mass is 298 g/mol. The van der Waals surface area contributed by atoms with Gasteiger partial charge in [0.25, 0.3) is 0 Å². The fourth-order valence-electron chi connectivity index (χ4n) is 1.54. The van der Waals surface area contributed by atoms with Crippen LogP contribution in [0.3, 0.4) is 0 Å². The Morgan fingerprint density at radius 1 is 1.63 bits per heavy atom. The van der Waals surface area contributed by atoms with E-state index in [1.165, 1.54) is 11.3 Å². The first kappa shape index (κ1) is 14.2. The average molecular weight is 298 g/mol. The molecule has 7 heteroatoms. The molecular weight excluding hydrogens is 284 g/mol. The molecule has 0 saturated carbocycles. The fraction of sp³-hybridized carbons (Fsp3) is 0.417. The van der Waals surface area contributed by atoms with Crippen molar-refractivity contribution in [2.24, 2.45) is 0 Å². The minimum absolute atomic E-state index is 0.129. The first-order valence-corrected chi connectivity index (χ1v) is 7.92. The van der Waals surface area contributed by atoms with Crippen molar-refractivity contribution in [3.05, 3.63) is 18.3 Å². The summed E-state index contributed by atoms with van der Waals surface area (Å²) in [5.41, 5.74) is 0.735. The maximum atomic E-state index is 12.3. The van der Waals surface area contributed by atoms with Crippen LogP contribution in [0.5, 0.6) is 0 Å². The lowest BCUT2D eigenvalue weighted by molar-refractivity contribution is -0.143.